The van der Waals surface area contributed by atoms with Crippen LogP contribution in [0.4, 0.5) is 11.4 Å². The van der Waals surface area contributed by atoms with Crippen LogP contribution < -0.4 is 9.62 Å². The first-order valence-electron chi connectivity index (χ1n) is 7.84. The zero-order valence-corrected chi connectivity index (χ0v) is 15.7. The molecule has 0 saturated carbocycles. The summed E-state index contributed by atoms with van der Waals surface area (Å²) in [6.45, 7) is 3.56. The van der Waals surface area contributed by atoms with E-state index in [1.807, 2.05) is 32.0 Å². The lowest BCUT2D eigenvalue weighted by atomic mass is 10.1. The molecular weight excluding hydrogens is 338 g/mol. The smallest absolute Gasteiger partial charge is 0.304 e. The predicted molar refractivity (Wildman–Crippen MR) is 101 cm³/mol. The number of carbonyl (C=O) groups excluding carboxylic acids is 1. The first kappa shape index (κ1) is 19.0. The Kier molecular flexibility index (Phi) is 5.81. The standard InChI is InChI=1S/C18H23N3O3S/c1-14-10-11-17(15(2)12-14)19-18(22)13-21(25(23,24)20(3)4)16-8-6-5-7-9-16/h5-12H,13H2,1-4H3,(H,19,22). The van der Waals surface area contributed by atoms with E-state index in [0.717, 1.165) is 19.7 Å². The molecule has 1 amide bonds. The van der Waals surface area contributed by atoms with Gasteiger partial charge in [0.15, 0.2) is 0 Å². The molecule has 0 spiro atoms. The molecular formula is C18H23N3O3S. The van der Waals surface area contributed by atoms with Crippen molar-refractivity contribution in [2.45, 2.75) is 13.8 Å². The quantitative estimate of drug-likeness (QED) is 0.860. The maximum absolute atomic E-state index is 12.6. The van der Waals surface area contributed by atoms with Crippen molar-refractivity contribution in [3.63, 3.8) is 0 Å². The predicted octanol–water partition coefficient (Wildman–Crippen LogP) is 2.55. The minimum absolute atomic E-state index is 0.308. The maximum atomic E-state index is 12.6. The number of hydrogen-bond donors (Lipinski definition) is 1. The summed E-state index contributed by atoms with van der Waals surface area (Å²) >= 11 is 0. The van der Waals surface area contributed by atoms with Gasteiger partial charge < -0.3 is 5.32 Å². The van der Waals surface area contributed by atoms with Crippen LogP contribution in [-0.4, -0.2) is 39.3 Å². The number of aryl methyl sites for hydroxylation is 2. The Morgan fingerprint density at radius 2 is 1.68 bits per heavy atom. The van der Waals surface area contributed by atoms with Crippen molar-refractivity contribution in [3.05, 3.63) is 59.7 Å². The van der Waals surface area contributed by atoms with Gasteiger partial charge in [-0.1, -0.05) is 35.9 Å². The van der Waals surface area contributed by atoms with Crippen LogP contribution in [0.25, 0.3) is 0 Å². The van der Waals surface area contributed by atoms with Crippen molar-refractivity contribution in [1.82, 2.24) is 4.31 Å². The molecule has 0 unspecified atom stereocenters. The van der Waals surface area contributed by atoms with Gasteiger partial charge in [-0.2, -0.15) is 12.7 Å². The van der Waals surface area contributed by atoms with Crippen molar-refractivity contribution in [2.75, 3.05) is 30.3 Å². The lowest BCUT2D eigenvalue weighted by Gasteiger charge is -2.27. The highest BCUT2D eigenvalue weighted by molar-refractivity contribution is 7.90. The average molecular weight is 361 g/mol. The zero-order valence-electron chi connectivity index (χ0n) is 14.9. The van der Waals surface area contributed by atoms with Crippen LogP contribution in [0.2, 0.25) is 0 Å². The van der Waals surface area contributed by atoms with Gasteiger partial charge in [0.25, 0.3) is 0 Å². The molecule has 1 N–H and O–H groups in total. The third-order valence-electron chi connectivity index (χ3n) is 3.73. The van der Waals surface area contributed by atoms with Crippen LogP contribution in [0.3, 0.4) is 0 Å². The van der Waals surface area contributed by atoms with E-state index in [1.54, 1.807) is 30.3 Å². The van der Waals surface area contributed by atoms with Crippen LogP contribution in [-0.2, 0) is 15.0 Å². The third-order valence-corrected chi connectivity index (χ3v) is 5.55. The topological polar surface area (TPSA) is 69.7 Å². The summed E-state index contributed by atoms with van der Waals surface area (Å²) in [5.41, 5.74) is 3.13. The van der Waals surface area contributed by atoms with Crippen LogP contribution >= 0.6 is 0 Å². The Morgan fingerprint density at radius 3 is 2.24 bits per heavy atom. The van der Waals surface area contributed by atoms with Crippen LogP contribution in [0.15, 0.2) is 48.5 Å². The molecule has 0 saturated heterocycles. The monoisotopic (exact) mass is 361 g/mol. The van der Waals surface area contributed by atoms with Gasteiger partial charge in [-0.15, -0.1) is 0 Å². The van der Waals surface area contributed by atoms with E-state index in [2.05, 4.69) is 5.32 Å². The van der Waals surface area contributed by atoms with Crippen molar-refractivity contribution in [2.24, 2.45) is 0 Å². The van der Waals surface area contributed by atoms with E-state index < -0.39 is 16.1 Å². The molecule has 0 aromatic heterocycles. The van der Waals surface area contributed by atoms with Crippen molar-refractivity contribution in [1.29, 1.82) is 0 Å². The molecule has 0 fully saturated rings. The lowest BCUT2D eigenvalue weighted by Crippen LogP contribution is -2.44. The summed E-state index contributed by atoms with van der Waals surface area (Å²) in [5.74, 6) is -0.402. The highest BCUT2D eigenvalue weighted by atomic mass is 32.2. The lowest BCUT2D eigenvalue weighted by molar-refractivity contribution is -0.114. The highest BCUT2D eigenvalue weighted by Gasteiger charge is 2.27. The molecule has 134 valence electrons. The fourth-order valence-corrected chi connectivity index (χ4v) is 3.43. The molecule has 7 heteroatoms. The largest absolute Gasteiger partial charge is 0.324 e. The number of nitrogens with zero attached hydrogens (tertiary/aromatic N) is 2. The van der Waals surface area contributed by atoms with Crippen molar-refractivity contribution >= 4 is 27.5 Å². The van der Waals surface area contributed by atoms with E-state index in [0.29, 0.717) is 11.4 Å². The van der Waals surface area contributed by atoms with Crippen molar-refractivity contribution < 1.29 is 13.2 Å². The molecule has 0 radical (unpaired) electrons. The Balaban J connectivity index is 2.26. The molecule has 6 nitrogen and oxygen atoms in total. The summed E-state index contributed by atoms with van der Waals surface area (Å²) in [6, 6.07) is 14.2. The minimum Gasteiger partial charge on any atom is -0.324 e. The van der Waals surface area contributed by atoms with E-state index in [-0.39, 0.29) is 6.54 Å². The van der Waals surface area contributed by atoms with Gasteiger partial charge in [-0.25, -0.2) is 4.31 Å². The second-order valence-corrected chi connectivity index (χ2v) is 8.07. The SMILES string of the molecule is Cc1ccc(NC(=O)CN(c2ccccc2)S(=O)(=O)N(C)C)c(C)c1. The Hall–Kier alpha value is -2.38. The van der Waals surface area contributed by atoms with Crippen molar-refractivity contribution in [3.8, 4) is 0 Å². The first-order valence-corrected chi connectivity index (χ1v) is 9.24. The zero-order chi connectivity index (χ0) is 18.6. The fourth-order valence-electron chi connectivity index (χ4n) is 2.37. The molecule has 0 atom stereocenters. The van der Waals surface area contributed by atoms with Gasteiger partial charge in [0.05, 0.1) is 5.69 Å². The average Bonchev–Trinajstić information content (AvgIpc) is 2.56. The number of anilines is 2. The van der Waals surface area contributed by atoms with Gasteiger partial charge in [-0.3, -0.25) is 4.79 Å². The summed E-state index contributed by atoms with van der Waals surface area (Å²) in [5, 5.41) is 2.79. The number of carbonyl (C=O) groups is 1. The molecule has 0 aliphatic heterocycles. The molecule has 0 aliphatic rings. The maximum Gasteiger partial charge on any atom is 0.304 e. The van der Waals surface area contributed by atoms with E-state index >= 15 is 0 Å². The molecule has 2 rings (SSSR count). The van der Waals surface area contributed by atoms with E-state index in [9.17, 15) is 13.2 Å². The van der Waals surface area contributed by atoms with E-state index in [4.69, 9.17) is 0 Å². The Labute approximate surface area is 149 Å². The molecule has 2 aromatic carbocycles. The summed E-state index contributed by atoms with van der Waals surface area (Å²) < 4.78 is 27.4. The molecule has 25 heavy (non-hydrogen) atoms. The third kappa shape index (κ3) is 4.58. The Bertz CT molecular complexity index is 849. The second-order valence-electron chi connectivity index (χ2n) is 6.00. The van der Waals surface area contributed by atoms with Gasteiger partial charge in [0, 0.05) is 19.8 Å². The molecule has 0 heterocycles. The van der Waals surface area contributed by atoms with Gasteiger partial charge >= 0.3 is 10.2 Å². The number of benzene rings is 2. The van der Waals surface area contributed by atoms with Gasteiger partial charge in [0.2, 0.25) is 5.91 Å². The van der Waals surface area contributed by atoms with Crippen LogP contribution in [0.5, 0.6) is 0 Å². The molecule has 2 aromatic rings. The van der Waals surface area contributed by atoms with E-state index in [1.165, 1.54) is 14.1 Å². The number of para-hydroxylation sites is 1. The molecule has 0 aliphatic carbocycles. The Morgan fingerprint density at radius 1 is 1.04 bits per heavy atom. The molecule has 0 bridgehead atoms. The van der Waals surface area contributed by atoms with Gasteiger partial charge in [0.1, 0.15) is 6.54 Å². The highest BCUT2D eigenvalue weighted by Crippen LogP contribution is 2.20. The summed E-state index contributed by atoms with van der Waals surface area (Å²) in [4.78, 5) is 12.5. The number of hydrogen-bond acceptors (Lipinski definition) is 3. The fraction of sp³-hybridized carbons (Fsp3) is 0.278. The second kappa shape index (κ2) is 7.67. The minimum atomic E-state index is -3.79. The number of amides is 1. The first-order chi connectivity index (χ1) is 11.7. The summed E-state index contributed by atoms with van der Waals surface area (Å²) in [6.07, 6.45) is 0. The normalized spacial score (nSPS) is 11.4. The van der Waals surface area contributed by atoms with Crippen LogP contribution in [0.1, 0.15) is 11.1 Å². The summed E-state index contributed by atoms with van der Waals surface area (Å²) in [7, 11) is -0.915. The number of nitrogens with one attached hydrogen (secondary N) is 1. The van der Waals surface area contributed by atoms with Crippen LogP contribution in [0, 0.1) is 13.8 Å². The van der Waals surface area contributed by atoms with Gasteiger partial charge in [-0.05, 0) is 37.6 Å². The number of rotatable bonds is 6.